The lowest BCUT2D eigenvalue weighted by Crippen LogP contribution is -2.47. The average Bonchev–Trinajstić information content (AvgIpc) is 3.06. The molecule has 0 radical (unpaired) electrons. The number of thiazole rings is 1. The number of nitrogens with one attached hydrogen (secondary N) is 2. The second-order valence-electron chi connectivity index (χ2n) is 8.15. The molecule has 7 heteroatoms. The van der Waals surface area contributed by atoms with Crippen LogP contribution in [0.5, 0.6) is 0 Å². The number of nitrogens with zero attached hydrogens (tertiary/aromatic N) is 3. The Morgan fingerprint density at radius 1 is 1.38 bits per heavy atom. The van der Waals surface area contributed by atoms with Crippen LogP contribution in [0, 0.1) is 11.3 Å². The van der Waals surface area contributed by atoms with Crippen LogP contribution in [0.15, 0.2) is 10.4 Å². The van der Waals surface area contributed by atoms with E-state index in [0.717, 1.165) is 42.9 Å². The normalized spacial score (nSPS) is 21.5. The SMILES string of the molecule is CCNC(=NCc1csc(N(C)C)n1)NCC1CCCOC1C(C)(C)C. The fraction of sp³-hybridized carbons (Fsp3) is 0.789. The van der Waals surface area contributed by atoms with Crippen molar-refractivity contribution in [1.29, 1.82) is 0 Å². The van der Waals surface area contributed by atoms with Crippen molar-refractivity contribution >= 4 is 22.4 Å². The second kappa shape index (κ2) is 9.55. The fourth-order valence-electron chi connectivity index (χ4n) is 3.31. The molecule has 1 aliphatic heterocycles. The van der Waals surface area contributed by atoms with Gasteiger partial charge in [0.05, 0.1) is 18.3 Å². The number of hydrogen-bond donors (Lipinski definition) is 2. The molecule has 6 nitrogen and oxygen atoms in total. The Bertz CT molecular complexity index is 579. The first-order chi connectivity index (χ1) is 12.3. The third kappa shape index (κ3) is 6.13. The molecular formula is C19H35N5OS. The Labute approximate surface area is 162 Å². The molecule has 1 fully saturated rings. The predicted octanol–water partition coefficient (Wildman–Crippen LogP) is 3.11. The fourth-order valence-corrected chi connectivity index (χ4v) is 4.06. The van der Waals surface area contributed by atoms with E-state index in [2.05, 4.69) is 48.7 Å². The summed E-state index contributed by atoms with van der Waals surface area (Å²) in [6, 6.07) is 0. The molecule has 1 aliphatic rings. The van der Waals surface area contributed by atoms with E-state index < -0.39 is 0 Å². The monoisotopic (exact) mass is 381 g/mol. The minimum atomic E-state index is 0.158. The lowest BCUT2D eigenvalue weighted by Gasteiger charge is -2.40. The van der Waals surface area contributed by atoms with E-state index in [-0.39, 0.29) is 11.5 Å². The highest BCUT2D eigenvalue weighted by Gasteiger charge is 2.35. The Balaban J connectivity index is 1.95. The van der Waals surface area contributed by atoms with Gasteiger partial charge >= 0.3 is 0 Å². The van der Waals surface area contributed by atoms with E-state index >= 15 is 0 Å². The van der Waals surface area contributed by atoms with Crippen molar-refractivity contribution < 1.29 is 4.74 Å². The lowest BCUT2D eigenvalue weighted by molar-refractivity contribution is -0.0835. The molecular weight excluding hydrogens is 346 g/mol. The largest absolute Gasteiger partial charge is 0.377 e. The maximum absolute atomic E-state index is 6.09. The summed E-state index contributed by atoms with van der Waals surface area (Å²) in [7, 11) is 4.02. The van der Waals surface area contributed by atoms with Crippen LogP contribution in [0.2, 0.25) is 0 Å². The minimum Gasteiger partial charge on any atom is -0.377 e. The molecule has 1 aromatic heterocycles. The van der Waals surface area contributed by atoms with Gasteiger partial charge in [-0.3, -0.25) is 0 Å². The first-order valence-corrected chi connectivity index (χ1v) is 10.4. The number of guanidine groups is 1. The zero-order valence-electron chi connectivity index (χ0n) is 17.1. The van der Waals surface area contributed by atoms with E-state index in [1.807, 2.05) is 19.0 Å². The van der Waals surface area contributed by atoms with Gasteiger partial charge in [-0.1, -0.05) is 20.8 Å². The van der Waals surface area contributed by atoms with Crippen molar-refractivity contribution in [3.8, 4) is 0 Å². The number of hydrogen-bond acceptors (Lipinski definition) is 5. The summed E-state index contributed by atoms with van der Waals surface area (Å²) in [6.45, 7) is 12.1. The molecule has 0 saturated carbocycles. The molecule has 0 bridgehead atoms. The molecule has 26 heavy (non-hydrogen) atoms. The number of rotatable bonds is 6. The van der Waals surface area contributed by atoms with E-state index in [9.17, 15) is 0 Å². The quantitative estimate of drug-likeness (QED) is 0.586. The van der Waals surface area contributed by atoms with Crippen LogP contribution in [0.3, 0.4) is 0 Å². The van der Waals surface area contributed by atoms with Gasteiger partial charge in [0.25, 0.3) is 0 Å². The van der Waals surface area contributed by atoms with Gasteiger partial charge in [-0.2, -0.15) is 0 Å². The van der Waals surface area contributed by atoms with Crippen LogP contribution in [-0.2, 0) is 11.3 Å². The Kier molecular flexibility index (Phi) is 7.70. The highest BCUT2D eigenvalue weighted by atomic mass is 32.1. The van der Waals surface area contributed by atoms with Gasteiger partial charge in [0.2, 0.25) is 0 Å². The summed E-state index contributed by atoms with van der Waals surface area (Å²) in [5.41, 5.74) is 1.16. The molecule has 2 heterocycles. The first-order valence-electron chi connectivity index (χ1n) is 9.56. The van der Waals surface area contributed by atoms with Gasteiger partial charge in [0.1, 0.15) is 0 Å². The van der Waals surface area contributed by atoms with Crippen molar-refractivity contribution in [3.05, 3.63) is 11.1 Å². The van der Waals surface area contributed by atoms with Crippen molar-refractivity contribution in [1.82, 2.24) is 15.6 Å². The summed E-state index contributed by atoms with van der Waals surface area (Å²) >= 11 is 1.65. The summed E-state index contributed by atoms with van der Waals surface area (Å²) in [6.07, 6.45) is 2.62. The average molecular weight is 382 g/mol. The zero-order chi connectivity index (χ0) is 19.2. The summed E-state index contributed by atoms with van der Waals surface area (Å²) in [5, 5.41) is 9.95. The third-order valence-electron chi connectivity index (χ3n) is 4.50. The van der Waals surface area contributed by atoms with Crippen LogP contribution >= 0.6 is 11.3 Å². The molecule has 2 rings (SSSR count). The smallest absolute Gasteiger partial charge is 0.191 e. The number of ether oxygens (including phenoxy) is 1. The Morgan fingerprint density at radius 2 is 2.15 bits per heavy atom. The molecule has 148 valence electrons. The molecule has 0 spiro atoms. The standard InChI is InChI=1S/C19H35N5OS/c1-7-20-17(22-12-15-13-26-18(23-15)24(5)6)21-11-14-9-8-10-25-16(14)19(2,3)4/h13-14,16H,7-12H2,1-6H3,(H2,20,21,22). The van der Waals surface area contributed by atoms with Crippen molar-refractivity contribution in [2.75, 3.05) is 38.7 Å². The van der Waals surface area contributed by atoms with Crippen molar-refractivity contribution in [2.24, 2.45) is 16.3 Å². The van der Waals surface area contributed by atoms with E-state index in [1.54, 1.807) is 11.3 Å². The van der Waals surface area contributed by atoms with E-state index in [4.69, 9.17) is 9.73 Å². The molecule has 1 saturated heterocycles. The maximum atomic E-state index is 6.09. The van der Waals surface area contributed by atoms with Gasteiger partial charge in [0.15, 0.2) is 11.1 Å². The number of anilines is 1. The van der Waals surface area contributed by atoms with Crippen molar-refractivity contribution in [2.45, 2.75) is 53.2 Å². The topological polar surface area (TPSA) is 61.8 Å². The van der Waals surface area contributed by atoms with Crippen LogP contribution in [0.4, 0.5) is 5.13 Å². The van der Waals surface area contributed by atoms with E-state index in [0.29, 0.717) is 12.5 Å². The maximum Gasteiger partial charge on any atom is 0.191 e. The molecule has 0 aliphatic carbocycles. The minimum absolute atomic E-state index is 0.158. The summed E-state index contributed by atoms with van der Waals surface area (Å²) in [4.78, 5) is 11.3. The van der Waals surface area contributed by atoms with Crippen LogP contribution in [0.1, 0.15) is 46.2 Å². The lowest BCUT2D eigenvalue weighted by atomic mass is 9.78. The molecule has 0 amide bonds. The van der Waals surface area contributed by atoms with E-state index in [1.165, 1.54) is 6.42 Å². The summed E-state index contributed by atoms with van der Waals surface area (Å²) in [5.74, 6) is 1.36. The molecule has 0 aromatic carbocycles. The number of aliphatic imine (C=N–C) groups is 1. The van der Waals surface area contributed by atoms with Gasteiger partial charge in [-0.05, 0) is 25.2 Å². The highest BCUT2D eigenvalue weighted by Crippen LogP contribution is 2.33. The van der Waals surface area contributed by atoms with Gasteiger partial charge in [-0.15, -0.1) is 11.3 Å². The van der Waals surface area contributed by atoms with Crippen LogP contribution < -0.4 is 15.5 Å². The van der Waals surface area contributed by atoms with Crippen molar-refractivity contribution in [3.63, 3.8) is 0 Å². The number of aromatic nitrogens is 1. The highest BCUT2D eigenvalue weighted by molar-refractivity contribution is 7.13. The zero-order valence-corrected chi connectivity index (χ0v) is 17.9. The first kappa shape index (κ1) is 21.0. The molecule has 2 N–H and O–H groups in total. The third-order valence-corrected chi connectivity index (χ3v) is 5.55. The van der Waals surface area contributed by atoms with Gasteiger partial charge < -0.3 is 20.3 Å². The van der Waals surface area contributed by atoms with Crippen LogP contribution in [0.25, 0.3) is 0 Å². The van der Waals surface area contributed by atoms with Gasteiger partial charge in [0, 0.05) is 45.1 Å². The molecule has 2 unspecified atom stereocenters. The Hall–Kier alpha value is -1.34. The predicted molar refractivity (Wildman–Crippen MR) is 111 cm³/mol. The molecule has 1 aromatic rings. The molecule has 2 atom stereocenters. The Morgan fingerprint density at radius 3 is 2.77 bits per heavy atom. The van der Waals surface area contributed by atoms with Crippen LogP contribution in [-0.4, -0.2) is 50.8 Å². The van der Waals surface area contributed by atoms with Gasteiger partial charge in [-0.25, -0.2) is 9.98 Å². The second-order valence-corrected chi connectivity index (χ2v) is 8.99. The summed E-state index contributed by atoms with van der Waals surface area (Å²) < 4.78 is 6.09.